The number of hydrogen-bond acceptors (Lipinski definition) is 6. The maximum Gasteiger partial charge on any atom is 0.443 e. The fraction of sp³-hybridized carbons (Fsp3) is 0.267. The van der Waals surface area contributed by atoms with Crippen LogP contribution in [0.4, 0.5) is 13.2 Å². The van der Waals surface area contributed by atoms with Crippen LogP contribution in [0.1, 0.15) is 21.0 Å². The van der Waals surface area contributed by atoms with Gasteiger partial charge in [0.05, 0.1) is 4.88 Å². The van der Waals surface area contributed by atoms with Gasteiger partial charge in [0.2, 0.25) is 10.9 Å². The summed E-state index contributed by atoms with van der Waals surface area (Å²) in [6, 6.07) is 6.32. The highest BCUT2D eigenvalue weighted by Gasteiger charge is 2.36. The fourth-order valence-corrected chi connectivity index (χ4v) is 2.68. The molecular weight excluding hydrogens is 361 g/mol. The zero-order valence-electron chi connectivity index (χ0n) is 13.1. The molecule has 1 aromatic heterocycles. The van der Waals surface area contributed by atoms with Gasteiger partial charge in [-0.25, -0.2) is 4.79 Å². The molecule has 0 bridgehead atoms. The number of rotatable bonds is 6. The number of alkyl halides is 3. The molecule has 1 aromatic carbocycles. The van der Waals surface area contributed by atoms with E-state index in [0.717, 1.165) is 0 Å². The van der Waals surface area contributed by atoms with Crippen LogP contribution in [-0.4, -0.2) is 28.9 Å². The standard InChI is InChI=1S/C15H13F3N2O4S/c1-8-12(19-14(25-8)15(16,17)18)24-7-9-5-3-4-6-10(9)11(13(21)22)20-23-2/h3-6H,7H2,1-2H3,(H,21,22)/b20-11+. The highest BCUT2D eigenvalue weighted by molar-refractivity contribution is 7.11. The summed E-state index contributed by atoms with van der Waals surface area (Å²) in [7, 11) is 1.21. The summed E-state index contributed by atoms with van der Waals surface area (Å²) in [6.07, 6.45) is -4.55. The van der Waals surface area contributed by atoms with E-state index in [0.29, 0.717) is 16.9 Å². The highest BCUT2D eigenvalue weighted by atomic mass is 32.1. The molecule has 0 aliphatic heterocycles. The zero-order chi connectivity index (χ0) is 18.6. The maximum atomic E-state index is 12.7. The Morgan fingerprint density at radius 1 is 1.36 bits per heavy atom. The molecule has 10 heteroatoms. The smallest absolute Gasteiger partial charge is 0.443 e. The van der Waals surface area contributed by atoms with Crippen LogP contribution in [-0.2, 0) is 22.4 Å². The lowest BCUT2D eigenvalue weighted by Crippen LogP contribution is -2.17. The van der Waals surface area contributed by atoms with E-state index in [2.05, 4.69) is 15.0 Å². The third-order valence-electron chi connectivity index (χ3n) is 3.02. The first-order valence-corrected chi connectivity index (χ1v) is 7.65. The van der Waals surface area contributed by atoms with Crippen LogP contribution < -0.4 is 4.74 Å². The normalized spacial score (nSPS) is 12.1. The van der Waals surface area contributed by atoms with E-state index in [1.165, 1.54) is 20.1 Å². The average Bonchev–Trinajstić information content (AvgIpc) is 2.92. The van der Waals surface area contributed by atoms with Crippen molar-refractivity contribution in [3.63, 3.8) is 0 Å². The van der Waals surface area contributed by atoms with Crippen molar-refractivity contribution in [2.24, 2.45) is 5.16 Å². The molecule has 0 spiro atoms. The van der Waals surface area contributed by atoms with Crippen molar-refractivity contribution < 1.29 is 32.6 Å². The lowest BCUT2D eigenvalue weighted by atomic mass is 10.0. The second-order valence-corrected chi connectivity index (χ2v) is 5.95. The summed E-state index contributed by atoms with van der Waals surface area (Å²) >= 11 is 0.481. The molecule has 0 saturated carbocycles. The third kappa shape index (κ3) is 4.47. The number of hydrogen-bond donors (Lipinski definition) is 1. The minimum Gasteiger partial charge on any atom is -0.476 e. The van der Waals surface area contributed by atoms with Gasteiger partial charge in [-0.05, 0) is 12.5 Å². The van der Waals surface area contributed by atoms with Crippen molar-refractivity contribution >= 4 is 23.0 Å². The van der Waals surface area contributed by atoms with Crippen LogP contribution in [0.2, 0.25) is 0 Å². The van der Waals surface area contributed by atoms with Crippen LogP contribution in [0.5, 0.6) is 5.88 Å². The second kappa shape index (κ2) is 7.51. The summed E-state index contributed by atoms with van der Waals surface area (Å²) in [5.41, 5.74) is 0.315. The molecule has 0 saturated heterocycles. The largest absolute Gasteiger partial charge is 0.476 e. The molecule has 6 nitrogen and oxygen atoms in total. The van der Waals surface area contributed by atoms with Gasteiger partial charge >= 0.3 is 12.1 Å². The first-order chi connectivity index (χ1) is 11.7. The summed E-state index contributed by atoms with van der Waals surface area (Å²) in [5, 5.41) is 11.7. The Hall–Kier alpha value is -2.62. The highest BCUT2D eigenvalue weighted by Crippen LogP contribution is 2.36. The van der Waals surface area contributed by atoms with Crippen molar-refractivity contribution in [1.29, 1.82) is 0 Å². The van der Waals surface area contributed by atoms with Crippen LogP contribution in [0, 0.1) is 6.92 Å². The molecule has 25 heavy (non-hydrogen) atoms. The number of carboxylic acid groups (broad SMARTS) is 1. The van der Waals surface area contributed by atoms with Crippen molar-refractivity contribution in [2.45, 2.75) is 19.7 Å². The molecule has 134 valence electrons. The number of halogens is 3. The van der Waals surface area contributed by atoms with Gasteiger partial charge < -0.3 is 14.7 Å². The Bertz CT molecular complexity index is 802. The predicted octanol–water partition coefficient (Wildman–Crippen LogP) is 3.48. The van der Waals surface area contributed by atoms with Gasteiger partial charge in [0, 0.05) is 5.56 Å². The van der Waals surface area contributed by atoms with Gasteiger partial charge in [-0.1, -0.05) is 29.4 Å². The van der Waals surface area contributed by atoms with Gasteiger partial charge in [-0.15, -0.1) is 11.3 Å². The van der Waals surface area contributed by atoms with Gasteiger partial charge in [-0.3, -0.25) is 0 Å². The molecule has 0 aliphatic rings. The van der Waals surface area contributed by atoms with E-state index in [1.807, 2.05) is 0 Å². The van der Waals surface area contributed by atoms with E-state index in [9.17, 15) is 23.1 Å². The minimum absolute atomic E-state index is 0.146. The Balaban J connectivity index is 2.27. The number of benzene rings is 1. The third-order valence-corrected chi connectivity index (χ3v) is 4.02. The van der Waals surface area contributed by atoms with E-state index in [-0.39, 0.29) is 28.6 Å². The SMILES string of the molecule is CO/N=C(/C(=O)O)c1ccccc1COc1nc(C(F)(F)F)sc1C. The monoisotopic (exact) mass is 374 g/mol. The maximum absolute atomic E-state index is 12.7. The number of carboxylic acids is 1. The minimum atomic E-state index is -4.55. The molecule has 0 radical (unpaired) electrons. The van der Waals surface area contributed by atoms with Crippen molar-refractivity contribution in [3.8, 4) is 5.88 Å². The quantitative estimate of drug-likeness (QED) is 0.618. The number of aryl methyl sites for hydroxylation is 1. The molecule has 2 aromatic rings. The van der Waals surface area contributed by atoms with Crippen molar-refractivity contribution in [2.75, 3.05) is 7.11 Å². The molecule has 0 aliphatic carbocycles. The van der Waals surface area contributed by atoms with Gasteiger partial charge in [0.15, 0.2) is 5.71 Å². The van der Waals surface area contributed by atoms with Gasteiger partial charge in [-0.2, -0.15) is 18.2 Å². The number of thiazole rings is 1. The number of carbonyl (C=O) groups is 1. The Kier molecular flexibility index (Phi) is 5.62. The van der Waals surface area contributed by atoms with Crippen LogP contribution in [0.25, 0.3) is 0 Å². The summed E-state index contributed by atoms with van der Waals surface area (Å²) in [4.78, 5) is 19.5. The zero-order valence-corrected chi connectivity index (χ0v) is 13.9. The number of ether oxygens (including phenoxy) is 1. The van der Waals surface area contributed by atoms with Crippen LogP contribution >= 0.6 is 11.3 Å². The molecule has 0 atom stereocenters. The Morgan fingerprint density at radius 2 is 2.04 bits per heavy atom. The lowest BCUT2D eigenvalue weighted by molar-refractivity contribution is -0.137. The van der Waals surface area contributed by atoms with E-state index in [4.69, 9.17) is 4.74 Å². The molecular formula is C15H13F3N2O4S. The van der Waals surface area contributed by atoms with Crippen LogP contribution in [0.15, 0.2) is 29.4 Å². The number of aromatic nitrogens is 1. The molecule has 0 fully saturated rings. The predicted molar refractivity (Wildman–Crippen MR) is 83.8 cm³/mol. The number of aliphatic carboxylic acids is 1. The molecule has 0 unspecified atom stereocenters. The Labute approximate surface area is 144 Å². The van der Waals surface area contributed by atoms with Crippen molar-refractivity contribution in [1.82, 2.24) is 4.98 Å². The Morgan fingerprint density at radius 3 is 2.60 bits per heavy atom. The lowest BCUT2D eigenvalue weighted by Gasteiger charge is -2.10. The molecule has 0 amide bonds. The number of nitrogens with zero attached hydrogens (tertiary/aromatic N) is 2. The second-order valence-electron chi connectivity index (χ2n) is 4.75. The summed E-state index contributed by atoms with van der Waals surface area (Å²) in [6.45, 7) is 1.29. The first-order valence-electron chi connectivity index (χ1n) is 6.84. The summed E-state index contributed by atoms with van der Waals surface area (Å²) < 4.78 is 43.4. The van der Waals surface area contributed by atoms with Crippen molar-refractivity contribution in [3.05, 3.63) is 45.3 Å². The topological polar surface area (TPSA) is 81.0 Å². The summed E-state index contributed by atoms with van der Waals surface area (Å²) in [5.74, 6) is -1.45. The van der Waals surface area contributed by atoms with E-state index >= 15 is 0 Å². The number of oxime groups is 1. The van der Waals surface area contributed by atoms with Gasteiger partial charge in [0.1, 0.15) is 13.7 Å². The van der Waals surface area contributed by atoms with E-state index < -0.39 is 17.2 Å². The average molecular weight is 374 g/mol. The molecule has 1 heterocycles. The first kappa shape index (κ1) is 18.7. The molecule has 2 rings (SSSR count). The van der Waals surface area contributed by atoms with Gasteiger partial charge in [0.25, 0.3) is 0 Å². The van der Waals surface area contributed by atoms with E-state index in [1.54, 1.807) is 18.2 Å². The van der Waals surface area contributed by atoms with Crippen LogP contribution in [0.3, 0.4) is 0 Å². The fourth-order valence-electron chi connectivity index (χ4n) is 1.96. The molecule has 1 N–H and O–H groups in total.